The Balaban J connectivity index is 1.83. The fourth-order valence-corrected chi connectivity index (χ4v) is 2.93. The van der Waals surface area contributed by atoms with Crippen molar-refractivity contribution >= 4 is 11.8 Å². The lowest BCUT2D eigenvalue weighted by atomic mass is 10.00. The second-order valence-electron chi connectivity index (χ2n) is 5.14. The van der Waals surface area contributed by atoms with Crippen LogP contribution in [0.2, 0.25) is 0 Å². The standard InChI is InChI=1S/C13H22N2O3/c16-10-6-11-3-1-2-7-14(11)8-9-15-12(17)4-5-13(15)18/h11,16H,1-10H2. The first-order valence-electron chi connectivity index (χ1n) is 6.90. The number of amides is 2. The number of piperidine rings is 1. The minimum absolute atomic E-state index is 0.0317. The van der Waals surface area contributed by atoms with Crippen molar-refractivity contribution in [3.8, 4) is 0 Å². The maximum Gasteiger partial charge on any atom is 0.229 e. The van der Waals surface area contributed by atoms with E-state index in [1.807, 2.05) is 0 Å². The van der Waals surface area contributed by atoms with E-state index < -0.39 is 0 Å². The Bertz CT molecular complexity index is 301. The van der Waals surface area contributed by atoms with Crippen molar-refractivity contribution in [3.63, 3.8) is 0 Å². The summed E-state index contributed by atoms with van der Waals surface area (Å²) in [7, 11) is 0. The predicted octanol–water partition coefficient (Wildman–Crippen LogP) is 0.372. The minimum Gasteiger partial charge on any atom is -0.396 e. The lowest BCUT2D eigenvalue weighted by Gasteiger charge is -2.36. The Hall–Kier alpha value is -0.940. The van der Waals surface area contributed by atoms with Crippen LogP contribution >= 0.6 is 0 Å². The third kappa shape index (κ3) is 3.09. The monoisotopic (exact) mass is 254 g/mol. The van der Waals surface area contributed by atoms with Crippen molar-refractivity contribution in [3.05, 3.63) is 0 Å². The van der Waals surface area contributed by atoms with Gasteiger partial charge in [0.05, 0.1) is 0 Å². The Morgan fingerprint density at radius 3 is 2.50 bits per heavy atom. The van der Waals surface area contributed by atoms with E-state index in [1.54, 1.807) is 0 Å². The van der Waals surface area contributed by atoms with Crippen LogP contribution in [0.1, 0.15) is 38.5 Å². The highest BCUT2D eigenvalue weighted by atomic mass is 16.3. The summed E-state index contributed by atoms with van der Waals surface area (Å²) in [6.07, 6.45) is 5.04. The molecule has 2 aliphatic heterocycles. The van der Waals surface area contributed by atoms with E-state index >= 15 is 0 Å². The summed E-state index contributed by atoms with van der Waals surface area (Å²) in [4.78, 5) is 26.7. The van der Waals surface area contributed by atoms with Gasteiger partial charge in [-0.15, -0.1) is 0 Å². The van der Waals surface area contributed by atoms with Crippen LogP contribution < -0.4 is 0 Å². The molecule has 0 aromatic rings. The average molecular weight is 254 g/mol. The highest BCUT2D eigenvalue weighted by molar-refractivity contribution is 6.01. The molecule has 2 fully saturated rings. The Kier molecular flexibility index (Phi) is 4.72. The van der Waals surface area contributed by atoms with Gasteiger partial charge in [0.2, 0.25) is 11.8 Å². The van der Waals surface area contributed by atoms with Crippen molar-refractivity contribution in [2.24, 2.45) is 0 Å². The van der Waals surface area contributed by atoms with E-state index in [1.165, 1.54) is 17.7 Å². The molecule has 0 saturated carbocycles. The van der Waals surface area contributed by atoms with E-state index in [9.17, 15) is 9.59 Å². The predicted molar refractivity (Wildman–Crippen MR) is 66.9 cm³/mol. The van der Waals surface area contributed by atoms with Gasteiger partial charge in [-0.1, -0.05) is 6.42 Å². The molecule has 2 heterocycles. The highest BCUT2D eigenvalue weighted by Gasteiger charge is 2.30. The van der Waals surface area contributed by atoms with Gasteiger partial charge in [-0.25, -0.2) is 0 Å². The van der Waals surface area contributed by atoms with Gasteiger partial charge in [-0.3, -0.25) is 19.4 Å². The number of rotatable bonds is 5. The number of aliphatic hydroxyl groups is 1. The van der Waals surface area contributed by atoms with Crippen molar-refractivity contribution < 1.29 is 14.7 Å². The van der Waals surface area contributed by atoms with Crippen LogP contribution in [0.5, 0.6) is 0 Å². The van der Waals surface area contributed by atoms with Crippen molar-refractivity contribution in [1.82, 2.24) is 9.80 Å². The molecule has 0 aliphatic carbocycles. The van der Waals surface area contributed by atoms with Gasteiger partial charge in [0, 0.05) is 38.6 Å². The smallest absolute Gasteiger partial charge is 0.229 e. The van der Waals surface area contributed by atoms with Gasteiger partial charge in [-0.2, -0.15) is 0 Å². The van der Waals surface area contributed by atoms with Crippen LogP contribution in [0.3, 0.4) is 0 Å². The highest BCUT2D eigenvalue weighted by Crippen LogP contribution is 2.20. The minimum atomic E-state index is -0.0317. The maximum absolute atomic E-state index is 11.5. The second-order valence-corrected chi connectivity index (χ2v) is 5.14. The van der Waals surface area contributed by atoms with Gasteiger partial charge in [0.1, 0.15) is 0 Å². The van der Waals surface area contributed by atoms with E-state index in [4.69, 9.17) is 5.11 Å². The summed E-state index contributed by atoms with van der Waals surface area (Å²) in [6.45, 7) is 2.49. The van der Waals surface area contributed by atoms with Crippen LogP contribution in [0, 0.1) is 0 Å². The second kappa shape index (κ2) is 6.29. The molecule has 0 spiro atoms. The average Bonchev–Trinajstić information content (AvgIpc) is 2.69. The first kappa shape index (κ1) is 13.5. The van der Waals surface area contributed by atoms with E-state index in [-0.39, 0.29) is 18.4 Å². The molecular formula is C13H22N2O3. The zero-order chi connectivity index (χ0) is 13.0. The molecule has 2 amide bonds. The summed E-state index contributed by atoms with van der Waals surface area (Å²) in [5.74, 6) is -0.0635. The molecule has 0 radical (unpaired) electrons. The summed E-state index contributed by atoms with van der Waals surface area (Å²) in [6, 6.07) is 0.413. The Morgan fingerprint density at radius 2 is 1.83 bits per heavy atom. The van der Waals surface area contributed by atoms with Crippen LogP contribution in [-0.4, -0.2) is 59.0 Å². The SMILES string of the molecule is O=C1CCC(=O)N1CCN1CCCCC1CCO. The zero-order valence-corrected chi connectivity index (χ0v) is 10.8. The van der Waals surface area contributed by atoms with Crippen LogP contribution in [0.4, 0.5) is 0 Å². The van der Waals surface area contributed by atoms with Crippen LogP contribution in [0.15, 0.2) is 0 Å². The largest absolute Gasteiger partial charge is 0.396 e. The molecule has 0 bridgehead atoms. The first-order valence-corrected chi connectivity index (χ1v) is 6.90. The number of hydrogen-bond donors (Lipinski definition) is 1. The number of aliphatic hydroxyl groups excluding tert-OH is 1. The third-order valence-corrected chi connectivity index (χ3v) is 3.98. The molecule has 0 aromatic heterocycles. The molecule has 1 unspecified atom stereocenters. The Morgan fingerprint density at radius 1 is 1.11 bits per heavy atom. The molecule has 2 aliphatic rings. The van der Waals surface area contributed by atoms with E-state index in [2.05, 4.69) is 4.90 Å². The molecule has 1 N–H and O–H groups in total. The lowest BCUT2D eigenvalue weighted by Crippen LogP contribution is -2.45. The first-order chi connectivity index (χ1) is 8.72. The normalized spacial score (nSPS) is 26.1. The molecule has 0 aromatic carbocycles. The number of hydrogen-bond acceptors (Lipinski definition) is 4. The van der Waals surface area contributed by atoms with Gasteiger partial charge < -0.3 is 5.11 Å². The molecule has 102 valence electrons. The molecule has 5 heteroatoms. The van der Waals surface area contributed by atoms with Crippen molar-refractivity contribution in [1.29, 1.82) is 0 Å². The van der Waals surface area contributed by atoms with Crippen LogP contribution in [-0.2, 0) is 9.59 Å². The summed E-state index contributed by atoms with van der Waals surface area (Å²) >= 11 is 0. The fraction of sp³-hybridized carbons (Fsp3) is 0.846. The molecule has 18 heavy (non-hydrogen) atoms. The third-order valence-electron chi connectivity index (χ3n) is 3.98. The number of likely N-dealkylation sites (tertiary alicyclic amines) is 2. The summed E-state index contributed by atoms with van der Waals surface area (Å²) in [5, 5.41) is 9.05. The number of nitrogens with zero attached hydrogens (tertiary/aromatic N) is 2. The van der Waals surface area contributed by atoms with Crippen molar-refractivity contribution in [2.45, 2.75) is 44.6 Å². The van der Waals surface area contributed by atoms with Crippen molar-refractivity contribution in [2.75, 3.05) is 26.2 Å². The maximum atomic E-state index is 11.5. The zero-order valence-electron chi connectivity index (χ0n) is 10.8. The van der Waals surface area contributed by atoms with Gasteiger partial charge in [-0.05, 0) is 25.8 Å². The summed E-state index contributed by atoms with van der Waals surface area (Å²) < 4.78 is 0. The number of imide groups is 1. The molecule has 2 saturated heterocycles. The van der Waals surface area contributed by atoms with Gasteiger partial charge in [0.15, 0.2) is 0 Å². The molecule has 5 nitrogen and oxygen atoms in total. The molecular weight excluding hydrogens is 232 g/mol. The van der Waals surface area contributed by atoms with Gasteiger partial charge in [0.25, 0.3) is 0 Å². The fourth-order valence-electron chi connectivity index (χ4n) is 2.93. The topological polar surface area (TPSA) is 60.9 Å². The van der Waals surface area contributed by atoms with E-state index in [0.29, 0.717) is 25.4 Å². The van der Waals surface area contributed by atoms with Gasteiger partial charge >= 0.3 is 0 Å². The summed E-state index contributed by atoms with van der Waals surface area (Å²) in [5.41, 5.74) is 0. The van der Waals surface area contributed by atoms with Crippen LogP contribution in [0.25, 0.3) is 0 Å². The number of carbonyl (C=O) groups excluding carboxylic acids is 2. The molecule has 2 rings (SSSR count). The molecule has 1 atom stereocenters. The Labute approximate surface area is 108 Å². The quantitative estimate of drug-likeness (QED) is 0.720. The lowest BCUT2D eigenvalue weighted by molar-refractivity contribution is -0.138. The number of carbonyl (C=O) groups is 2. The van der Waals surface area contributed by atoms with E-state index in [0.717, 1.165) is 25.9 Å².